The zero-order valence-electron chi connectivity index (χ0n) is 12.1. The Hall–Kier alpha value is -2.53. The Balaban J connectivity index is 1.76. The molecule has 0 saturated carbocycles. The number of phenols is 1. The number of nitrogens with zero attached hydrogens (tertiary/aromatic N) is 3. The quantitative estimate of drug-likeness (QED) is 0.789. The molecule has 4 rings (SSSR count). The first-order valence-corrected chi connectivity index (χ1v) is 7.41. The molecule has 2 aromatic carbocycles. The van der Waals surface area contributed by atoms with E-state index >= 15 is 0 Å². The Kier molecular flexibility index (Phi) is 3.20. The van der Waals surface area contributed by atoms with Crippen LogP contribution >= 0.6 is 0 Å². The fourth-order valence-electron chi connectivity index (χ4n) is 2.86. The van der Waals surface area contributed by atoms with Crippen molar-refractivity contribution < 1.29 is 9.84 Å². The van der Waals surface area contributed by atoms with Gasteiger partial charge < -0.3 is 14.7 Å². The molecule has 0 atom stereocenters. The number of benzene rings is 2. The van der Waals surface area contributed by atoms with E-state index in [4.69, 9.17) is 4.74 Å². The summed E-state index contributed by atoms with van der Waals surface area (Å²) < 4.78 is 7.27. The van der Waals surface area contributed by atoms with Crippen molar-refractivity contribution in [3.63, 3.8) is 0 Å². The zero-order valence-corrected chi connectivity index (χ0v) is 12.1. The predicted octanol–water partition coefficient (Wildman–Crippen LogP) is 2.57. The van der Waals surface area contributed by atoms with E-state index in [2.05, 4.69) is 22.1 Å². The smallest absolute Gasteiger partial charge is 0.117 e. The van der Waals surface area contributed by atoms with Gasteiger partial charge in [-0.3, -0.25) is 0 Å². The van der Waals surface area contributed by atoms with Crippen molar-refractivity contribution in [3.05, 3.63) is 48.7 Å². The summed E-state index contributed by atoms with van der Waals surface area (Å²) in [5, 5.41) is 15.2. The minimum Gasteiger partial charge on any atom is -0.508 e. The first kappa shape index (κ1) is 13.2. The molecule has 0 bridgehead atoms. The van der Waals surface area contributed by atoms with Crippen molar-refractivity contribution in [2.75, 3.05) is 31.2 Å². The third-order valence-corrected chi connectivity index (χ3v) is 4.01. The van der Waals surface area contributed by atoms with Gasteiger partial charge >= 0.3 is 0 Å². The maximum Gasteiger partial charge on any atom is 0.117 e. The van der Waals surface area contributed by atoms with Crippen LogP contribution < -0.4 is 4.90 Å². The molecule has 0 unspecified atom stereocenters. The normalized spacial score (nSPS) is 15.4. The molecule has 1 saturated heterocycles. The first-order chi connectivity index (χ1) is 10.8. The number of aromatic nitrogens is 2. The number of aromatic hydroxyl groups is 1. The van der Waals surface area contributed by atoms with Gasteiger partial charge in [-0.2, -0.15) is 5.10 Å². The second kappa shape index (κ2) is 5.35. The Morgan fingerprint density at radius 3 is 2.68 bits per heavy atom. The highest BCUT2D eigenvalue weighted by atomic mass is 16.5. The molecular weight excluding hydrogens is 278 g/mol. The molecule has 1 aliphatic heterocycles. The highest BCUT2D eigenvalue weighted by molar-refractivity contribution is 5.81. The summed E-state index contributed by atoms with van der Waals surface area (Å²) in [6, 6.07) is 13.6. The first-order valence-electron chi connectivity index (χ1n) is 7.41. The predicted molar refractivity (Wildman–Crippen MR) is 85.8 cm³/mol. The van der Waals surface area contributed by atoms with Crippen molar-refractivity contribution >= 4 is 16.6 Å². The molecule has 1 aliphatic rings. The van der Waals surface area contributed by atoms with Gasteiger partial charge in [0, 0.05) is 30.2 Å². The number of fused-ring (bicyclic) bond motifs is 1. The Morgan fingerprint density at radius 2 is 1.82 bits per heavy atom. The number of phenolic OH excluding ortho intramolecular Hbond substituents is 1. The van der Waals surface area contributed by atoms with Crippen LogP contribution in [0.25, 0.3) is 16.6 Å². The van der Waals surface area contributed by atoms with Crippen LogP contribution in [0, 0.1) is 0 Å². The Labute approximate surface area is 128 Å². The van der Waals surface area contributed by atoms with E-state index in [1.165, 1.54) is 5.69 Å². The van der Waals surface area contributed by atoms with Gasteiger partial charge in [0.1, 0.15) is 5.75 Å². The standard InChI is InChI=1S/C17H17N3O2/c21-16-5-4-13-12-18-20(17(13)11-16)15-3-1-2-14(10-15)19-6-8-22-9-7-19/h1-5,10-12,21H,6-9H2. The Bertz CT molecular complexity index is 807. The van der Waals surface area contributed by atoms with Gasteiger partial charge in [-0.15, -0.1) is 0 Å². The van der Waals surface area contributed by atoms with Crippen LogP contribution in [0.1, 0.15) is 0 Å². The molecule has 5 nitrogen and oxygen atoms in total. The maximum absolute atomic E-state index is 9.72. The molecule has 1 fully saturated rings. The van der Waals surface area contributed by atoms with Crippen molar-refractivity contribution in [1.82, 2.24) is 9.78 Å². The van der Waals surface area contributed by atoms with E-state index in [1.807, 2.05) is 29.1 Å². The SMILES string of the molecule is Oc1ccc2cnn(-c3cccc(N4CCOCC4)c3)c2c1. The molecule has 22 heavy (non-hydrogen) atoms. The molecule has 1 N–H and O–H groups in total. The van der Waals surface area contributed by atoms with Crippen LogP contribution in [0.2, 0.25) is 0 Å². The monoisotopic (exact) mass is 295 g/mol. The van der Waals surface area contributed by atoms with Gasteiger partial charge in [-0.1, -0.05) is 6.07 Å². The zero-order chi connectivity index (χ0) is 14.9. The molecule has 1 aromatic heterocycles. The lowest BCUT2D eigenvalue weighted by molar-refractivity contribution is 0.122. The summed E-state index contributed by atoms with van der Waals surface area (Å²) in [7, 11) is 0. The summed E-state index contributed by atoms with van der Waals surface area (Å²) in [5.41, 5.74) is 3.06. The number of morpholine rings is 1. The second-order valence-electron chi connectivity index (χ2n) is 5.42. The van der Waals surface area contributed by atoms with Crippen LogP contribution in [0.5, 0.6) is 5.75 Å². The van der Waals surface area contributed by atoms with Crippen LogP contribution in [-0.4, -0.2) is 41.2 Å². The molecule has 0 amide bonds. The van der Waals surface area contributed by atoms with Crippen LogP contribution in [0.4, 0.5) is 5.69 Å². The van der Waals surface area contributed by atoms with Crippen LogP contribution in [0.15, 0.2) is 48.7 Å². The van der Waals surface area contributed by atoms with Crippen molar-refractivity contribution in [1.29, 1.82) is 0 Å². The molecule has 112 valence electrons. The van der Waals surface area contributed by atoms with Gasteiger partial charge in [0.15, 0.2) is 0 Å². The number of ether oxygens (including phenoxy) is 1. The highest BCUT2D eigenvalue weighted by Crippen LogP contribution is 2.25. The van der Waals surface area contributed by atoms with Gasteiger partial charge in [-0.05, 0) is 30.3 Å². The number of hydrogen-bond donors (Lipinski definition) is 1. The molecule has 3 aromatic rings. The third kappa shape index (κ3) is 2.29. The van der Waals surface area contributed by atoms with Gasteiger partial charge in [0.2, 0.25) is 0 Å². The van der Waals surface area contributed by atoms with Crippen molar-refractivity contribution in [2.45, 2.75) is 0 Å². The summed E-state index contributed by atoms with van der Waals surface area (Å²) >= 11 is 0. The van der Waals surface area contributed by atoms with Crippen molar-refractivity contribution in [2.24, 2.45) is 0 Å². The number of rotatable bonds is 2. The molecule has 0 aliphatic carbocycles. The van der Waals surface area contributed by atoms with Crippen LogP contribution in [-0.2, 0) is 4.74 Å². The van der Waals surface area contributed by atoms with Crippen molar-refractivity contribution in [3.8, 4) is 11.4 Å². The summed E-state index contributed by atoms with van der Waals surface area (Å²) in [6.07, 6.45) is 1.82. The van der Waals surface area contributed by atoms with E-state index < -0.39 is 0 Å². The summed E-state index contributed by atoms with van der Waals surface area (Å²) in [6.45, 7) is 3.35. The van der Waals surface area contributed by atoms with Gasteiger partial charge in [0.05, 0.1) is 30.6 Å². The lowest BCUT2D eigenvalue weighted by Crippen LogP contribution is -2.36. The second-order valence-corrected chi connectivity index (χ2v) is 5.42. The fraction of sp³-hybridized carbons (Fsp3) is 0.235. The number of anilines is 1. The molecular formula is C17H17N3O2. The average Bonchev–Trinajstić information content (AvgIpc) is 2.99. The van der Waals surface area contributed by atoms with E-state index in [0.717, 1.165) is 42.9 Å². The lowest BCUT2D eigenvalue weighted by atomic mass is 10.2. The third-order valence-electron chi connectivity index (χ3n) is 4.01. The minimum absolute atomic E-state index is 0.249. The Morgan fingerprint density at radius 1 is 1.00 bits per heavy atom. The molecule has 5 heteroatoms. The van der Waals surface area contributed by atoms with Gasteiger partial charge in [-0.25, -0.2) is 4.68 Å². The maximum atomic E-state index is 9.72. The minimum atomic E-state index is 0.249. The lowest BCUT2D eigenvalue weighted by Gasteiger charge is -2.29. The van der Waals surface area contributed by atoms with E-state index in [-0.39, 0.29) is 5.75 Å². The summed E-state index contributed by atoms with van der Waals surface area (Å²) in [5.74, 6) is 0.249. The number of hydrogen-bond acceptors (Lipinski definition) is 4. The van der Waals surface area contributed by atoms with Crippen LogP contribution in [0.3, 0.4) is 0 Å². The van der Waals surface area contributed by atoms with Gasteiger partial charge in [0.25, 0.3) is 0 Å². The average molecular weight is 295 g/mol. The highest BCUT2D eigenvalue weighted by Gasteiger charge is 2.12. The van der Waals surface area contributed by atoms with E-state index in [1.54, 1.807) is 12.1 Å². The fourth-order valence-corrected chi connectivity index (χ4v) is 2.86. The molecule has 0 radical (unpaired) electrons. The topological polar surface area (TPSA) is 50.5 Å². The van der Waals surface area contributed by atoms with E-state index in [0.29, 0.717) is 0 Å². The largest absolute Gasteiger partial charge is 0.508 e. The molecule has 0 spiro atoms. The summed E-state index contributed by atoms with van der Waals surface area (Å²) in [4.78, 5) is 2.32. The van der Waals surface area contributed by atoms with E-state index in [9.17, 15) is 5.11 Å². The molecule has 2 heterocycles.